The van der Waals surface area contributed by atoms with Crippen molar-refractivity contribution in [2.75, 3.05) is 11.1 Å². The van der Waals surface area contributed by atoms with E-state index >= 15 is 0 Å². The van der Waals surface area contributed by atoms with E-state index in [9.17, 15) is 8.42 Å². The Labute approximate surface area is 163 Å². The second-order valence-electron chi connectivity index (χ2n) is 5.29. The van der Waals surface area contributed by atoms with Crippen molar-refractivity contribution in [1.82, 2.24) is 10.2 Å². The summed E-state index contributed by atoms with van der Waals surface area (Å²) in [4.78, 5) is 0. The Morgan fingerprint density at radius 2 is 1.68 bits per heavy atom. The maximum absolute atomic E-state index is 9.67. The Kier molecular flexibility index (Phi) is 10.2. The van der Waals surface area contributed by atoms with Crippen LogP contribution in [0.1, 0.15) is 11.1 Å². The van der Waals surface area contributed by atoms with Crippen molar-refractivity contribution in [3.05, 3.63) is 78.1 Å². The van der Waals surface area contributed by atoms with Crippen molar-refractivity contribution in [3.63, 3.8) is 0 Å². The molecule has 0 unspecified atom stereocenters. The van der Waals surface area contributed by atoms with E-state index in [1.807, 2.05) is 30.3 Å². The SMILES string of the molecule is Cc1ccc(CNc2ccccc2N)cc1.NOS(=O)(=O)ON.c1cn[nH]c1. The molecule has 10 nitrogen and oxygen atoms in total. The van der Waals surface area contributed by atoms with Gasteiger partial charge < -0.3 is 11.1 Å². The van der Waals surface area contributed by atoms with Gasteiger partial charge in [-0.25, -0.2) is 0 Å². The molecule has 3 rings (SSSR count). The van der Waals surface area contributed by atoms with Gasteiger partial charge in [0.2, 0.25) is 0 Å². The summed E-state index contributed by atoms with van der Waals surface area (Å²) in [7, 11) is -4.10. The summed E-state index contributed by atoms with van der Waals surface area (Å²) in [6.45, 7) is 2.89. The summed E-state index contributed by atoms with van der Waals surface area (Å²) in [5.41, 5.74) is 10.2. The monoisotopic (exact) mass is 408 g/mol. The Morgan fingerprint density at radius 3 is 2.11 bits per heavy atom. The number of rotatable bonds is 5. The van der Waals surface area contributed by atoms with Crippen LogP contribution in [0.5, 0.6) is 0 Å². The number of nitrogens with zero attached hydrogens (tertiary/aromatic N) is 1. The zero-order valence-corrected chi connectivity index (χ0v) is 16.1. The Hall–Kier alpha value is -2.96. The van der Waals surface area contributed by atoms with Gasteiger partial charge in [-0.05, 0) is 30.7 Å². The third kappa shape index (κ3) is 9.66. The first-order valence-corrected chi connectivity index (χ1v) is 9.30. The molecule has 0 saturated carbocycles. The van der Waals surface area contributed by atoms with E-state index in [4.69, 9.17) is 5.73 Å². The number of anilines is 2. The van der Waals surface area contributed by atoms with Gasteiger partial charge in [0.15, 0.2) is 0 Å². The minimum Gasteiger partial charge on any atom is -0.397 e. The van der Waals surface area contributed by atoms with Crippen molar-refractivity contribution >= 4 is 21.8 Å². The minimum absolute atomic E-state index is 0.787. The van der Waals surface area contributed by atoms with Gasteiger partial charge in [-0.1, -0.05) is 42.0 Å². The van der Waals surface area contributed by atoms with Gasteiger partial charge in [-0.3, -0.25) is 5.10 Å². The van der Waals surface area contributed by atoms with Gasteiger partial charge in [0.1, 0.15) is 0 Å². The van der Waals surface area contributed by atoms with E-state index in [2.05, 4.69) is 67.1 Å². The number of benzene rings is 2. The van der Waals surface area contributed by atoms with Crippen molar-refractivity contribution < 1.29 is 17.0 Å². The van der Waals surface area contributed by atoms with Gasteiger partial charge in [-0.15, -0.1) is 0 Å². The topological polar surface area (TPSA) is 171 Å². The van der Waals surface area contributed by atoms with Crippen molar-refractivity contribution in [2.24, 2.45) is 11.8 Å². The lowest BCUT2D eigenvalue weighted by molar-refractivity contribution is 0.222. The summed E-state index contributed by atoms with van der Waals surface area (Å²) >= 11 is 0. The lowest BCUT2D eigenvalue weighted by atomic mass is 10.1. The molecule has 0 atom stereocenters. The van der Waals surface area contributed by atoms with Crippen LogP contribution in [-0.2, 0) is 25.5 Å². The molecule has 0 aliphatic rings. The zero-order valence-electron chi connectivity index (χ0n) is 15.3. The molecule has 0 aliphatic heterocycles. The number of H-pyrrole nitrogens is 1. The van der Waals surface area contributed by atoms with E-state index < -0.39 is 10.4 Å². The first-order chi connectivity index (χ1) is 13.4. The highest BCUT2D eigenvalue weighted by Gasteiger charge is 2.04. The highest BCUT2D eigenvalue weighted by Crippen LogP contribution is 2.17. The zero-order chi connectivity index (χ0) is 20.8. The average Bonchev–Trinajstić information content (AvgIpc) is 3.29. The molecule has 1 aromatic heterocycles. The number of aromatic amines is 1. The normalized spacial score (nSPS) is 10.1. The number of nitrogens with one attached hydrogen (secondary N) is 2. The van der Waals surface area contributed by atoms with Crippen LogP contribution in [0.3, 0.4) is 0 Å². The van der Waals surface area contributed by atoms with Crippen LogP contribution >= 0.6 is 0 Å². The maximum Gasteiger partial charge on any atom is 0.431 e. The molecule has 11 heteroatoms. The standard InChI is InChI=1S/C14H16N2.C3H4N2.H4N2O4S/c1-11-6-8-12(9-7-11)10-16-14-5-3-2-4-13(14)15;1-2-4-5-3-1;1-5-7(3,4)6-2/h2-9,16H,10,15H2,1H3;1-3H,(H,4,5);1-2H2. The largest absolute Gasteiger partial charge is 0.431 e. The quantitative estimate of drug-likeness (QED) is 0.310. The number of nitrogen functional groups attached to an aromatic ring is 1. The lowest BCUT2D eigenvalue weighted by Crippen LogP contribution is -2.17. The summed E-state index contributed by atoms with van der Waals surface area (Å²) in [6.07, 6.45) is 3.46. The predicted molar refractivity (Wildman–Crippen MR) is 107 cm³/mol. The molecule has 0 amide bonds. The van der Waals surface area contributed by atoms with Crippen LogP contribution in [0.4, 0.5) is 11.4 Å². The fraction of sp³-hybridized carbons (Fsp3) is 0.118. The first kappa shape index (κ1) is 23.1. The Morgan fingerprint density at radius 1 is 1.04 bits per heavy atom. The van der Waals surface area contributed by atoms with Crippen LogP contribution in [-0.4, -0.2) is 18.6 Å². The molecule has 0 bridgehead atoms. The third-order valence-electron chi connectivity index (χ3n) is 3.21. The summed E-state index contributed by atoms with van der Waals surface area (Å²) in [5, 5.41) is 9.53. The molecular formula is C17H24N6O4S. The van der Waals surface area contributed by atoms with Gasteiger partial charge >= 0.3 is 10.4 Å². The van der Waals surface area contributed by atoms with Crippen LogP contribution in [0.25, 0.3) is 0 Å². The van der Waals surface area contributed by atoms with Crippen LogP contribution in [0.15, 0.2) is 67.0 Å². The van der Waals surface area contributed by atoms with Crippen LogP contribution < -0.4 is 22.8 Å². The molecular weight excluding hydrogens is 384 g/mol. The molecule has 3 aromatic rings. The van der Waals surface area contributed by atoms with E-state index in [0.717, 1.165) is 17.9 Å². The molecule has 0 saturated heterocycles. The van der Waals surface area contributed by atoms with Crippen LogP contribution in [0.2, 0.25) is 0 Å². The lowest BCUT2D eigenvalue weighted by Gasteiger charge is -2.09. The Bertz CT molecular complexity index is 859. The van der Waals surface area contributed by atoms with E-state index in [0.29, 0.717) is 0 Å². The van der Waals surface area contributed by atoms with Crippen molar-refractivity contribution in [1.29, 1.82) is 0 Å². The molecule has 28 heavy (non-hydrogen) atoms. The smallest absolute Gasteiger partial charge is 0.397 e. The fourth-order valence-corrected chi connectivity index (χ4v) is 1.84. The van der Waals surface area contributed by atoms with Crippen molar-refractivity contribution in [3.8, 4) is 0 Å². The van der Waals surface area contributed by atoms with E-state index in [-0.39, 0.29) is 0 Å². The molecule has 1 heterocycles. The molecule has 0 spiro atoms. The summed E-state index contributed by atoms with van der Waals surface area (Å²) < 4.78 is 25.8. The number of para-hydroxylation sites is 2. The number of hydrogen-bond acceptors (Lipinski definition) is 9. The maximum atomic E-state index is 9.67. The van der Waals surface area contributed by atoms with Gasteiger partial charge in [-0.2, -0.15) is 33.9 Å². The summed E-state index contributed by atoms with van der Waals surface area (Å²) in [5.74, 6) is 8.25. The summed E-state index contributed by atoms with van der Waals surface area (Å²) in [6, 6.07) is 18.1. The van der Waals surface area contributed by atoms with Crippen LogP contribution in [0, 0.1) is 6.92 Å². The third-order valence-corrected chi connectivity index (χ3v) is 3.68. The molecule has 0 radical (unpaired) electrons. The fourth-order valence-electron chi connectivity index (χ4n) is 1.80. The highest BCUT2D eigenvalue weighted by molar-refractivity contribution is 7.81. The molecule has 2 aromatic carbocycles. The second kappa shape index (κ2) is 12.4. The minimum atomic E-state index is -4.10. The second-order valence-corrected chi connectivity index (χ2v) is 6.49. The number of aryl methyl sites for hydroxylation is 1. The van der Waals surface area contributed by atoms with E-state index in [1.165, 1.54) is 11.1 Å². The number of hydrogen-bond donors (Lipinski definition) is 5. The predicted octanol–water partition coefficient (Wildman–Crippen LogP) is 1.61. The molecule has 152 valence electrons. The van der Waals surface area contributed by atoms with Gasteiger partial charge in [0, 0.05) is 18.9 Å². The first-order valence-electron chi connectivity index (χ1n) is 7.97. The van der Waals surface area contributed by atoms with E-state index in [1.54, 1.807) is 12.4 Å². The number of nitrogens with two attached hydrogens (primary N) is 3. The van der Waals surface area contributed by atoms with Gasteiger partial charge in [0.25, 0.3) is 0 Å². The number of aromatic nitrogens is 2. The molecule has 0 aliphatic carbocycles. The Balaban J connectivity index is 0.000000269. The van der Waals surface area contributed by atoms with Crippen molar-refractivity contribution in [2.45, 2.75) is 13.5 Å². The highest BCUT2D eigenvalue weighted by atomic mass is 32.3. The average molecular weight is 408 g/mol. The molecule has 0 fully saturated rings. The molecule has 8 N–H and O–H groups in total. The van der Waals surface area contributed by atoms with Gasteiger partial charge in [0.05, 0.1) is 11.4 Å².